The van der Waals surface area contributed by atoms with E-state index in [0.717, 1.165) is 5.56 Å². The van der Waals surface area contributed by atoms with E-state index in [-0.39, 0.29) is 17.0 Å². The standard InChI is InChI=1S/C18H12N2O4/c21-16(11-8-13-5-2-1-3-6-13)24-18-15(20(22)23)10-9-14-7-4-12-19-17(14)18/h1-12H/b11-8+. The van der Waals surface area contributed by atoms with E-state index in [1.165, 1.54) is 18.3 Å². The van der Waals surface area contributed by atoms with Gasteiger partial charge >= 0.3 is 11.7 Å². The maximum Gasteiger partial charge on any atom is 0.336 e. The summed E-state index contributed by atoms with van der Waals surface area (Å²) in [6.45, 7) is 0. The largest absolute Gasteiger partial charge is 0.414 e. The molecule has 0 unspecified atom stereocenters. The fourth-order valence-corrected chi connectivity index (χ4v) is 2.22. The fourth-order valence-electron chi connectivity index (χ4n) is 2.22. The van der Waals surface area contributed by atoms with Crippen LogP contribution in [0.1, 0.15) is 5.56 Å². The third-order valence-corrected chi connectivity index (χ3v) is 3.32. The Kier molecular flexibility index (Phi) is 4.29. The van der Waals surface area contributed by atoms with Crippen LogP contribution in [0.25, 0.3) is 17.0 Å². The summed E-state index contributed by atoms with van der Waals surface area (Å²) in [4.78, 5) is 26.7. The van der Waals surface area contributed by atoms with E-state index in [0.29, 0.717) is 5.39 Å². The third-order valence-electron chi connectivity index (χ3n) is 3.32. The molecule has 6 heteroatoms. The van der Waals surface area contributed by atoms with Gasteiger partial charge in [0.2, 0.25) is 5.75 Å². The van der Waals surface area contributed by atoms with Crippen molar-refractivity contribution in [3.8, 4) is 5.75 Å². The van der Waals surface area contributed by atoms with Gasteiger partial charge in [0, 0.05) is 23.7 Å². The van der Waals surface area contributed by atoms with Gasteiger partial charge in [0.25, 0.3) is 0 Å². The summed E-state index contributed by atoms with van der Waals surface area (Å²) in [6.07, 6.45) is 4.29. The Morgan fingerprint density at radius 1 is 1.08 bits per heavy atom. The predicted molar refractivity (Wildman–Crippen MR) is 89.5 cm³/mol. The van der Waals surface area contributed by atoms with E-state index >= 15 is 0 Å². The zero-order valence-electron chi connectivity index (χ0n) is 12.5. The van der Waals surface area contributed by atoms with E-state index in [1.807, 2.05) is 30.3 Å². The van der Waals surface area contributed by atoms with Gasteiger partial charge in [-0.15, -0.1) is 0 Å². The lowest BCUT2D eigenvalue weighted by molar-refractivity contribution is -0.385. The Morgan fingerprint density at radius 3 is 2.62 bits per heavy atom. The normalized spacial score (nSPS) is 10.8. The molecule has 1 aromatic heterocycles. The molecule has 0 aliphatic rings. The molecule has 3 aromatic rings. The van der Waals surface area contributed by atoms with Gasteiger partial charge < -0.3 is 4.74 Å². The van der Waals surface area contributed by atoms with Gasteiger partial charge in [0.15, 0.2) is 0 Å². The molecule has 0 N–H and O–H groups in total. The van der Waals surface area contributed by atoms with Crippen molar-refractivity contribution in [2.24, 2.45) is 0 Å². The monoisotopic (exact) mass is 320 g/mol. The maximum absolute atomic E-state index is 12.0. The van der Waals surface area contributed by atoms with Gasteiger partial charge in [-0.2, -0.15) is 0 Å². The highest BCUT2D eigenvalue weighted by Crippen LogP contribution is 2.34. The maximum atomic E-state index is 12.0. The minimum absolute atomic E-state index is 0.152. The molecule has 24 heavy (non-hydrogen) atoms. The van der Waals surface area contributed by atoms with Crippen LogP contribution in [0.5, 0.6) is 5.75 Å². The Labute approximate surface area is 137 Å². The Morgan fingerprint density at radius 2 is 1.88 bits per heavy atom. The molecule has 0 saturated carbocycles. The number of nitro benzene ring substituents is 1. The number of nitrogens with zero attached hydrogens (tertiary/aromatic N) is 2. The number of carbonyl (C=O) groups excluding carboxylic acids is 1. The second-order valence-corrected chi connectivity index (χ2v) is 4.91. The van der Waals surface area contributed by atoms with Crippen LogP contribution in [-0.4, -0.2) is 15.9 Å². The van der Waals surface area contributed by atoms with E-state index in [4.69, 9.17) is 4.74 Å². The molecule has 0 radical (unpaired) electrons. The first-order valence-electron chi connectivity index (χ1n) is 7.12. The summed E-state index contributed by atoms with van der Waals surface area (Å²) in [5, 5.41) is 11.8. The average molecular weight is 320 g/mol. The van der Waals surface area contributed by atoms with E-state index < -0.39 is 10.9 Å². The molecular weight excluding hydrogens is 308 g/mol. The van der Waals surface area contributed by atoms with Gasteiger partial charge in [0.1, 0.15) is 5.52 Å². The number of benzene rings is 2. The molecule has 0 saturated heterocycles. The molecule has 0 spiro atoms. The molecule has 0 amide bonds. The number of nitro groups is 1. The lowest BCUT2D eigenvalue weighted by Crippen LogP contribution is -2.07. The molecule has 0 fully saturated rings. The summed E-state index contributed by atoms with van der Waals surface area (Å²) in [5.41, 5.74) is 0.788. The van der Waals surface area contributed by atoms with Crippen LogP contribution in [0.2, 0.25) is 0 Å². The van der Waals surface area contributed by atoms with Crippen LogP contribution in [0.3, 0.4) is 0 Å². The van der Waals surface area contributed by atoms with Gasteiger partial charge in [-0.25, -0.2) is 4.79 Å². The van der Waals surface area contributed by atoms with Crippen molar-refractivity contribution >= 4 is 28.6 Å². The quantitative estimate of drug-likeness (QED) is 0.240. The third kappa shape index (κ3) is 3.27. The second-order valence-electron chi connectivity index (χ2n) is 4.91. The summed E-state index contributed by atoms with van der Waals surface area (Å²) < 4.78 is 5.21. The van der Waals surface area contributed by atoms with E-state index in [2.05, 4.69) is 4.98 Å². The lowest BCUT2D eigenvalue weighted by Gasteiger charge is -2.06. The summed E-state index contributed by atoms with van der Waals surface area (Å²) >= 11 is 0. The smallest absolute Gasteiger partial charge is 0.336 e. The fraction of sp³-hybridized carbons (Fsp3) is 0. The lowest BCUT2D eigenvalue weighted by atomic mass is 10.2. The minimum atomic E-state index is -0.708. The van der Waals surface area contributed by atoms with Crippen LogP contribution >= 0.6 is 0 Å². The number of hydrogen-bond donors (Lipinski definition) is 0. The number of rotatable bonds is 4. The average Bonchev–Trinajstić information content (AvgIpc) is 2.61. The Balaban J connectivity index is 1.94. The molecular formula is C18H12N2O4. The summed E-state index contributed by atoms with van der Waals surface area (Å²) in [5.74, 6) is -0.860. The summed E-state index contributed by atoms with van der Waals surface area (Å²) in [7, 11) is 0. The molecule has 3 rings (SSSR count). The van der Waals surface area contributed by atoms with Crippen molar-refractivity contribution in [2.75, 3.05) is 0 Å². The Hall–Kier alpha value is -3.54. The van der Waals surface area contributed by atoms with Crippen LogP contribution < -0.4 is 4.74 Å². The van der Waals surface area contributed by atoms with Gasteiger partial charge in [0.05, 0.1) is 4.92 Å². The topological polar surface area (TPSA) is 82.3 Å². The summed E-state index contributed by atoms with van der Waals surface area (Å²) in [6, 6.07) is 15.5. The molecule has 0 bridgehead atoms. The second kappa shape index (κ2) is 6.70. The SMILES string of the molecule is O=C(/C=C/c1ccccc1)Oc1c([N+](=O)[O-])ccc2cccnc12. The highest BCUT2D eigenvalue weighted by molar-refractivity contribution is 5.94. The first kappa shape index (κ1) is 15.4. The van der Waals surface area contributed by atoms with Gasteiger partial charge in [-0.3, -0.25) is 15.1 Å². The van der Waals surface area contributed by atoms with Crippen molar-refractivity contribution in [1.82, 2.24) is 4.98 Å². The minimum Gasteiger partial charge on any atom is -0.414 e. The molecule has 0 atom stereocenters. The van der Waals surface area contributed by atoms with E-state index in [1.54, 1.807) is 24.3 Å². The van der Waals surface area contributed by atoms with Crippen LogP contribution in [0.4, 0.5) is 5.69 Å². The zero-order chi connectivity index (χ0) is 16.9. The first-order chi connectivity index (χ1) is 11.6. The van der Waals surface area contributed by atoms with Gasteiger partial charge in [-0.05, 0) is 23.8 Å². The molecule has 2 aromatic carbocycles. The number of hydrogen-bond acceptors (Lipinski definition) is 5. The van der Waals surface area contributed by atoms with Crippen molar-refractivity contribution in [3.05, 3.63) is 82.5 Å². The van der Waals surface area contributed by atoms with Crippen molar-refractivity contribution in [2.45, 2.75) is 0 Å². The highest BCUT2D eigenvalue weighted by Gasteiger charge is 2.21. The number of pyridine rings is 1. The van der Waals surface area contributed by atoms with Crippen molar-refractivity contribution < 1.29 is 14.5 Å². The molecule has 1 heterocycles. The molecule has 0 aliphatic carbocycles. The Bertz CT molecular complexity index is 936. The van der Waals surface area contributed by atoms with Crippen molar-refractivity contribution in [3.63, 3.8) is 0 Å². The number of carbonyl (C=O) groups is 1. The predicted octanol–water partition coefficient (Wildman–Crippen LogP) is 3.76. The van der Waals surface area contributed by atoms with E-state index in [9.17, 15) is 14.9 Å². The molecule has 6 nitrogen and oxygen atoms in total. The number of fused-ring (bicyclic) bond motifs is 1. The number of esters is 1. The first-order valence-corrected chi connectivity index (χ1v) is 7.12. The highest BCUT2D eigenvalue weighted by atomic mass is 16.6. The van der Waals surface area contributed by atoms with Crippen molar-refractivity contribution in [1.29, 1.82) is 0 Å². The number of aromatic nitrogens is 1. The number of ether oxygens (including phenoxy) is 1. The van der Waals surface area contributed by atoms with Crippen LogP contribution in [0.15, 0.2) is 66.9 Å². The zero-order valence-corrected chi connectivity index (χ0v) is 12.5. The van der Waals surface area contributed by atoms with Gasteiger partial charge in [-0.1, -0.05) is 36.4 Å². The molecule has 0 aliphatic heterocycles. The molecule has 118 valence electrons. The van der Waals surface area contributed by atoms with Crippen LogP contribution in [0, 0.1) is 10.1 Å². The van der Waals surface area contributed by atoms with Crippen LogP contribution in [-0.2, 0) is 4.79 Å².